The maximum Gasteiger partial charge on any atom is 0.272 e. The number of ether oxygens (including phenoxy) is 1. The summed E-state index contributed by atoms with van der Waals surface area (Å²) in [6, 6.07) is 5.09. The average Bonchev–Trinajstić information content (AvgIpc) is 2.14. The van der Waals surface area contributed by atoms with Gasteiger partial charge in [0.05, 0.1) is 0 Å². The summed E-state index contributed by atoms with van der Waals surface area (Å²) in [4.78, 5) is 0. The number of rotatable bonds is 4. The Morgan fingerprint density at radius 2 is 2.00 bits per heavy atom. The maximum atomic E-state index is 11.8. The number of hydrogen-bond acceptors (Lipinski definition) is 2. The molecule has 1 aromatic rings. The minimum atomic E-state index is -2.46. The highest BCUT2D eigenvalue weighted by Crippen LogP contribution is 2.21. The summed E-state index contributed by atoms with van der Waals surface area (Å²) >= 11 is 3.24. The first-order chi connectivity index (χ1) is 6.61. The second-order valence-electron chi connectivity index (χ2n) is 2.70. The number of halogens is 4. The van der Waals surface area contributed by atoms with Crippen molar-refractivity contribution in [3.05, 3.63) is 28.2 Å². The Morgan fingerprint density at radius 3 is 2.53 bits per heavy atom. The minimum absolute atomic E-state index is 0. The van der Waals surface area contributed by atoms with E-state index < -0.39 is 13.0 Å². The second-order valence-corrected chi connectivity index (χ2v) is 3.62. The average molecular weight is 303 g/mol. The molecule has 0 aliphatic carbocycles. The van der Waals surface area contributed by atoms with Gasteiger partial charge in [0.15, 0.2) is 0 Å². The van der Waals surface area contributed by atoms with Crippen LogP contribution in [0.25, 0.3) is 0 Å². The molecule has 0 aliphatic heterocycles. The third kappa shape index (κ3) is 5.30. The third-order valence-corrected chi connectivity index (χ3v) is 2.00. The van der Waals surface area contributed by atoms with Gasteiger partial charge in [0.25, 0.3) is 6.43 Å². The molecule has 0 amide bonds. The zero-order chi connectivity index (χ0) is 10.6. The molecule has 0 atom stereocenters. The number of nitrogens with two attached hydrogens (primary N) is 1. The predicted molar refractivity (Wildman–Crippen MR) is 60.8 cm³/mol. The van der Waals surface area contributed by atoms with Gasteiger partial charge in [-0.05, 0) is 23.8 Å². The van der Waals surface area contributed by atoms with Crippen LogP contribution in [0.5, 0.6) is 5.75 Å². The summed E-state index contributed by atoms with van der Waals surface area (Å²) in [5.41, 5.74) is 6.26. The van der Waals surface area contributed by atoms with Crippen LogP contribution in [0.1, 0.15) is 5.56 Å². The van der Waals surface area contributed by atoms with Crippen molar-refractivity contribution in [3.8, 4) is 5.75 Å². The van der Waals surface area contributed by atoms with Gasteiger partial charge in [0.1, 0.15) is 12.4 Å². The van der Waals surface area contributed by atoms with Gasteiger partial charge in [-0.15, -0.1) is 12.4 Å². The van der Waals surface area contributed by atoms with E-state index >= 15 is 0 Å². The van der Waals surface area contributed by atoms with Gasteiger partial charge in [-0.3, -0.25) is 0 Å². The molecule has 0 aromatic heterocycles. The molecule has 0 saturated carbocycles. The van der Waals surface area contributed by atoms with Gasteiger partial charge in [-0.25, -0.2) is 8.78 Å². The maximum absolute atomic E-state index is 11.8. The fourth-order valence-corrected chi connectivity index (χ4v) is 1.50. The molecule has 0 unspecified atom stereocenters. The quantitative estimate of drug-likeness (QED) is 0.928. The Kier molecular flexibility index (Phi) is 6.80. The Morgan fingerprint density at radius 1 is 1.33 bits per heavy atom. The van der Waals surface area contributed by atoms with Gasteiger partial charge >= 0.3 is 0 Å². The number of alkyl halides is 2. The molecule has 2 N–H and O–H groups in total. The summed E-state index contributed by atoms with van der Waals surface area (Å²) in [6.07, 6.45) is -2.46. The van der Waals surface area contributed by atoms with E-state index in [1.807, 2.05) is 6.07 Å². The first-order valence-corrected chi connectivity index (χ1v) is 4.81. The smallest absolute Gasteiger partial charge is 0.272 e. The molecule has 0 aliphatic rings. The SMILES string of the molecule is Cl.NCc1cc(Br)cc(OCC(F)F)c1. The molecule has 6 heteroatoms. The van der Waals surface area contributed by atoms with E-state index in [-0.39, 0.29) is 12.4 Å². The zero-order valence-corrected chi connectivity index (χ0v) is 10.2. The van der Waals surface area contributed by atoms with Crippen LogP contribution in [0.4, 0.5) is 8.78 Å². The van der Waals surface area contributed by atoms with Crippen LogP contribution in [0.15, 0.2) is 22.7 Å². The highest BCUT2D eigenvalue weighted by Gasteiger charge is 2.04. The van der Waals surface area contributed by atoms with Gasteiger partial charge in [-0.2, -0.15) is 0 Å². The molecule has 0 heterocycles. The van der Waals surface area contributed by atoms with Crippen molar-refractivity contribution in [1.29, 1.82) is 0 Å². The van der Waals surface area contributed by atoms with Gasteiger partial charge < -0.3 is 10.5 Å². The summed E-state index contributed by atoms with van der Waals surface area (Å²) < 4.78 is 29.3. The highest BCUT2D eigenvalue weighted by atomic mass is 79.9. The third-order valence-electron chi connectivity index (χ3n) is 1.54. The van der Waals surface area contributed by atoms with Crippen LogP contribution in [0.3, 0.4) is 0 Å². The van der Waals surface area contributed by atoms with Crippen LogP contribution in [-0.2, 0) is 6.54 Å². The molecule has 0 saturated heterocycles. The fraction of sp³-hybridized carbons (Fsp3) is 0.333. The van der Waals surface area contributed by atoms with Gasteiger partial charge in [0.2, 0.25) is 0 Å². The Bertz CT molecular complexity index is 312. The molecule has 0 fully saturated rings. The first kappa shape index (κ1) is 14.6. The van der Waals surface area contributed by atoms with E-state index in [4.69, 9.17) is 10.5 Å². The summed E-state index contributed by atoms with van der Waals surface area (Å²) in [5.74, 6) is 0.403. The lowest BCUT2D eigenvalue weighted by Gasteiger charge is -2.07. The Balaban J connectivity index is 0.00000196. The normalized spacial score (nSPS) is 9.93. The van der Waals surface area contributed by atoms with Crippen molar-refractivity contribution < 1.29 is 13.5 Å². The van der Waals surface area contributed by atoms with Crippen LogP contribution in [-0.4, -0.2) is 13.0 Å². The summed E-state index contributed by atoms with van der Waals surface area (Å²) in [6.45, 7) is -0.245. The summed E-state index contributed by atoms with van der Waals surface area (Å²) in [5, 5.41) is 0. The Hall–Kier alpha value is -0.390. The lowest BCUT2D eigenvalue weighted by molar-refractivity contribution is 0.0818. The molecular formula is C9H11BrClF2NO. The molecule has 86 valence electrons. The number of hydrogen-bond donors (Lipinski definition) is 1. The molecule has 0 radical (unpaired) electrons. The molecule has 1 aromatic carbocycles. The van der Waals surface area contributed by atoms with Crippen molar-refractivity contribution in [3.63, 3.8) is 0 Å². The van der Waals surface area contributed by atoms with E-state index in [9.17, 15) is 8.78 Å². The van der Waals surface area contributed by atoms with Crippen LogP contribution in [0, 0.1) is 0 Å². The second kappa shape index (κ2) is 6.98. The van der Waals surface area contributed by atoms with Crippen LogP contribution in [0.2, 0.25) is 0 Å². The monoisotopic (exact) mass is 301 g/mol. The van der Waals surface area contributed by atoms with E-state index in [1.165, 1.54) is 0 Å². The van der Waals surface area contributed by atoms with Gasteiger partial charge in [-0.1, -0.05) is 15.9 Å². The van der Waals surface area contributed by atoms with E-state index in [0.29, 0.717) is 12.3 Å². The highest BCUT2D eigenvalue weighted by molar-refractivity contribution is 9.10. The lowest BCUT2D eigenvalue weighted by atomic mass is 10.2. The van der Waals surface area contributed by atoms with Crippen molar-refractivity contribution in [2.45, 2.75) is 13.0 Å². The number of benzene rings is 1. The minimum Gasteiger partial charge on any atom is -0.488 e. The first-order valence-electron chi connectivity index (χ1n) is 4.02. The van der Waals surface area contributed by atoms with Crippen molar-refractivity contribution in [1.82, 2.24) is 0 Å². The topological polar surface area (TPSA) is 35.2 Å². The van der Waals surface area contributed by atoms with Crippen molar-refractivity contribution in [2.75, 3.05) is 6.61 Å². The zero-order valence-electron chi connectivity index (χ0n) is 7.75. The van der Waals surface area contributed by atoms with Crippen LogP contribution >= 0.6 is 28.3 Å². The molecule has 2 nitrogen and oxygen atoms in total. The van der Waals surface area contributed by atoms with E-state index in [2.05, 4.69) is 15.9 Å². The molecule has 0 bridgehead atoms. The predicted octanol–water partition coefficient (Wildman–Crippen LogP) is 2.97. The van der Waals surface area contributed by atoms with Gasteiger partial charge in [0, 0.05) is 11.0 Å². The lowest BCUT2D eigenvalue weighted by Crippen LogP contribution is -2.07. The van der Waals surface area contributed by atoms with Crippen LogP contribution < -0.4 is 10.5 Å². The standard InChI is InChI=1S/C9H10BrF2NO.ClH/c10-7-1-6(4-13)2-8(3-7)14-5-9(11)12;/h1-3,9H,4-5,13H2;1H. The van der Waals surface area contributed by atoms with Crippen molar-refractivity contribution in [2.24, 2.45) is 5.73 Å². The molecular weight excluding hydrogens is 291 g/mol. The molecule has 1 rings (SSSR count). The Labute approximate surface area is 101 Å². The van der Waals surface area contributed by atoms with Crippen molar-refractivity contribution >= 4 is 28.3 Å². The fourth-order valence-electron chi connectivity index (χ4n) is 0.981. The van der Waals surface area contributed by atoms with E-state index in [0.717, 1.165) is 10.0 Å². The molecule has 0 spiro atoms. The molecule has 15 heavy (non-hydrogen) atoms. The largest absolute Gasteiger partial charge is 0.488 e. The van der Waals surface area contributed by atoms with E-state index in [1.54, 1.807) is 12.1 Å². The summed E-state index contributed by atoms with van der Waals surface area (Å²) in [7, 11) is 0.